The lowest BCUT2D eigenvalue weighted by atomic mass is 9.96. The Morgan fingerprint density at radius 2 is 1.28 bits per heavy atom. The van der Waals surface area contributed by atoms with Gasteiger partial charge in [-0.05, 0) is 12.8 Å². The summed E-state index contributed by atoms with van der Waals surface area (Å²) >= 11 is 0. The molecule has 0 aromatic carbocycles. The number of phosphoric acid groups is 2. The van der Waals surface area contributed by atoms with E-state index in [0.717, 1.165) is 93.9 Å². The third-order valence-electron chi connectivity index (χ3n) is 11.9. The van der Waals surface area contributed by atoms with Crippen molar-refractivity contribution >= 4 is 27.5 Å². The van der Waals surface area contributed by atoms with Crippen LogP contribution in [0.1, 0.15) is 161 Å². The number of nitrogens with zero attached hydrogens (tertiary/aromatic N) is 1. The van der Waals surface area contributed by atoms with E-state index in [1.165, 1.54) is 25.7 Å². The van der Waals surface area contributed by atoms with Crippen LogP contribution in [-0.2, 0) is 46.3 Å². The molecule has 2 fully saturated rings. The van der Waals surface area contributed by atoms with Gasteiger partial charge in [0.25, 0.3) is 5.56 Å². The fourth-order valence-electron chi connectivity index (χ4n) is 8.08. The summed E-state index contributed by atoms with van der Waals surface area (Å²) in [5.41, 5.74) is -1.79. The predicted molar refractivity (Wildman–Crippen MR) is 244 cm³/mol. The molecule has 0 saturated carbocycles. The summed E-state index contributed by atoms with van der Waals surface area (Å²) in [6.07, 6.45) is 1.76. The molecule has 2 saturated heterocycles. The van der Waals surface area contributed by atoms with Crippen molar-refractivity contribution in [2.24, 2.45) is 0 Å². The Morgan fingerprint density at radius 3 is 1.81 bits per heavy atom. The van der Waals surface area contributed by atoms with Crippen LogP contribution >= 0.6 is 15.6 Å². The molecule has 0 bridgehead atoms. The van der Waals surface area contributed by atoms with E-state index in [-0.39, 0.29) is 12.8 Å². The molecular weight excluding hydrogens is 940 g/mol. The van der Waals surface area contributed by atoms with Crippen molar-refractivity contribution in [2.45, 2.75) is 222 Å². The maximum Gasteiger partial charge on any atom is 0.483 e. The number of phosphoric ester groups is 2. The van der Waals surface area contributed by atoms with Gasteiger partial charge in [-0.2, -0.15) is 4.31 Å². The zero-order valence-corrected chi connectivity index (χ0v) is 41.1. The average molecular weight is 1020 g/mol. The highest BCUT2D eigenvalue weighted by molar-refractivity contribution is 7.61. The second-order valence-corrected chi connectivity index (χ2v) is 20.7. The number of unbranched alkanes of at least 4 members (excludes halogenated alkanes) is 16. The normalized spacial score (nSPS) is 26.7. The number of ether oxygens (including phenoxy) is 3. The molecule has 68 heavy (non-hydrogen) atoms. The Hall–Kier alpha value is -2.44. The molecule has 23 nitrogen and oxygen atoms in total. The number of carbonyl (C=O) groups is 2. The summed E-state index contributed by atoms with van der Waals surface area (Å²) in [5, 5.41) is 66.1. The number of amides is 1. The monoisotopic (exact) mass is 1020 g/mol. The van der Waals surface area contributed by atoms with Crippen molar-refractivity contribution in [1.29, 1.82) is 0 Å². The first-order valence-corrected chi connectivity index (χ1v) is 27.1. The fraction of sp³-hybridized carbons (Fsp3) is 0.860. The van der Waals surface area contributed by atoms with Gasteiger partial charge in [0.05, 0.1) is 38.3 Å². The van der Waals surface area contributed by atoms with Crippen molar-refractivity contribution < 1.29 is 86.7 Å². The van der Waals surface area contributed by atoms with Gasteiger partial charge in [0.2, 0.25) is 5.91 Å². The van der Waals surface area contributed by atoms with Crippen LogP contribution in [0.15, 0.2) is 21.9 Å². The molecule has 2 aliphatic rings. The van der Waals surface area contributed by atoms with Crippen LogP contribution < -0.4 is 16.6 Å². The molecule has 394 valence electrons. The van der Waals surface area contributed by atoms with Crippen LogP contribution in [-0.4, -0.2) is 136 Å². The molecule has 1 amide bonds. The Bertz CT molecular complexity index is 1840. The Morgan fingerprint density at radius 1 is 0.750 bits per heavy atom. The highest BCUT2D eigenvalue weighted by Crippen LogP contribution is 2.61. The second-order valence-electron chi connectivity index (χ2n) is 17.7. The van der Waals surface area contributed by atoms with Crippen molar-refractivity contribution in [1.82, 2.24) is 14.9 Å². The van der Waals surface area contributed by atoms with E-state index in [1.807, 2.05) is 4.98 Å². The summed E-state index contributed by atoms with van der Waals surface area (Å²) < 4.78 is 57.8. The number of aromatic nitrogens is 2. The molecule has 25 heteroatoms. The molecule has 5 unspecified atom stereocenters. The van der Waals surface area contributed by atoms with Crippen LogP contribution in [0.2, 0.25) is 0 Å². The van der Waals surface area contributed by atoms with Gasteiger partial charge in [-0.15, -0.1) is 0 Å². The maximum atomic E-state index is 13.4. The van der Waals surface area contributed by atoms with E-state index < -0.39 is 132 Å². The quantitative estimate of drug-likeness (QED) is 0.0265. The first kappa shape index (κ1) is 59.9. The zero-order chi connectivity index (χ0) is 50.3. The zero-order valence-electron chi connectivity index (χ0n) is 39.3. The van der Waals surface area contributed by atoms with Crippen molar-refractivity contribution in [3.63, 3.8) is 0 Å². The van der Waals surface area contributed by atoms with E-state index in [0.29, 0.717) is 12.8 Å². The molecule has 3 heterocycles. The number of carbonyl (C=O) groups excluding carboxylic acids is 2. The number of aliphatic hydroxyl groups is 6. The Kier molecular flexibility index (Phi) is 27.4. The van der Waals surface area contributed by atoms with Crippen LogP contribution in [0.5, 0.6) is 0 Å². The van der Waals surface area contributed by atoms with Gasteiger partial charge in [0.1, 0.15) is 36.6 Å². The SMILES string of the molecule is CCCCCCCCCCC[C@@H](O)CC(=O)NC1[C@@H](OP(=O)(O)OP(=O)(O)OC[C@H]2O[C@@H](n3ccc(=O)[nH]c3=O)[C@@H](O)C2O)OC(CO)[C@@H](O)[C@@H]1OC(=O)C[C@H](O)CCCCCCCCCCC. The van der Waals surface area contributed by atoms with E-state index in [2.05, 4.69) is 23.5 Å². The van der Waals surface area contributed by atoms with Crippen LogP contribution in [0.3, 0.4) is 0 Å². The lowest BCUT2D eigenvalue weighted by Crippen LogP contribution is -2.65. The fourth-order valence-corrected chi connectivity index (χ4v) is 10.2. The summed E-state index contributed by atoms with van der Waals surface area (Å²) in [4.78, 5) is 73.5. The number of hydrogen-bond acceptors (Lipinski definition) is 18. The van der Waals surface area contributed by atoms with Gasteiger partial charge in [-0.25, -0.2) is 13.9 Å². The molecule has 0 radical (unpaired) electrons. The number of aromatic amines is 1. The van der Waals surface area contributed by atoms with Crippen molar-refractivity contribution in [3.8, 4) is 0 Å². The summed E-state index contributed by atoms with van der Waals surface area (Å²) in [6.45, 7) is 2.20. The van der Waals surface area contributed by atoms with Gasteiger partial charge in [-0.3, -0.25) is 33.0 Å². The van der Waals surface area contributed by atoms with Crippen LogP contribution in [0, 0.1) is 0 Å². The molecule has 0 aliphatic carbocycles. The molecule has 2 aliphatic heterocycles. The smallest absolute Gasteiger partial charge is 0.457 e. The molecular formula is C43H77N3O20P2. The minimum Gasteiger partial charge on any atom is -0.457 e. The van der Waals surface area contributed by atoms with Crippen molar-refractivity contribution in [2.75, 3.05) is 13.2 Å². The lowest BCUT2D eigenvalue weighted by Gasteiger charge is -2.43. The van der Waals surface area contributed by atoms with E-state index in [4.69, 9.17) is 23.3 Å². The van der Waals surface area contributed by atoms with Crippen LogP contribution in [0.25, 0.3) is 0 Å². The number of H-pyrrole nitrogens is 1. The minimum atomic E-state index is -5.89. The van der Waals surface area contributed by atoms with Gasteiger partial charge >= 0.3 is 27.3 Å². The summed E-state index contributed by atoms with van der Waals surface area (Å²) in [7, 11) is -11.6. The third-order valence-corrected chi connectivity index (χ3v) is 14.5. The number of nitrogens with one attached hydrogen (secondary N) is 2. The molecule has 13 atom stereocenters. The second kappa shape index (κ2) is 31.1. The molecule has 0 spiro atoms. The predicted octanol–water partition coefficient (Wildman–Crippen LogP) is 3.22. The van der Waals surface area contributed by atoms with Crippen molar-refractivity contribution in [3.05, 3.63) is 33.1 Å². The largest absolute Gasteiger partial charge is 0.483 e. The topological polar surface area (TPSA) is 352 Å². The minimum absolute atomic E-state index is 0.245. The maximum absolute atomic E-state index is 13.4. The van der Waals surface area contributed by atoms with Crippen LogP contribution in [0.4, 0.5) is 0 Å². The molecule has 3 rings (SSSR count). The van der Waals surface area contributed by atoms with Gasteiger partial charge in [0, 0.05) is 12.3 Å². The van der Waals surface area contributed by atoms with E-state index in [1.54, 1.807) is 0 Å². The van der Waals surface area contributed by atoms with E-state index >= 15 is 0 Å². The number of rotatable bonds is 35. The summed E-state index contributed by atoms with van der Waals surface area (Å²) in [6, 6.07) is -0.977. The first-order chi connectivity index (χ1) is 32.3. The van der Waals surface area contributed by atoms with Gasteiger partial charge in [-0.1, -0.05) is 129 Å². The third kappa shape index (κ3) is 21.5. The first-order valence-electron chi connectivity index (χ1n) is 24.1. The molecule has 1 aromatic heterocycles. The number of aliphatic hydroxyl groups excluding tert-OH is 6. The summed E-state index contributed by atoms with van der Waals surface area (Å²) in [5.74, 6) is -1.98. The highest BCUT2D eigenvalue weighted by atomic mass is 31.3. The Labute approximate surface area is 397 Å². The Balaban J connectivity index is 1.70. The van der Waals surface area contributed by atoms with Gasteiger partial charge in [0.15, 0.2) is 18.6 Å². The molecule has 10 N–H and O–H groups in total. The average Bonchev–Trinajstić information content (AvgIpc) is 3.54. The lowest BCUT2D eigenvalue weighted by molar-refractivity contribution is -0.253. The van der Waals surface area contributed by atoms with Gasteiger partial charge < -0.3 is 60.0 Å². The number of esters is 1. The number of hydrogen-bond donors (Lipinski definition) is 10. The standard InChI is InChI=1S/C43H77N3O20P2/c1-3-5-7-9-11-13-15-17-19-21-29(48)25-34(51)44-36-40(64-35(52)26-30(49)22-20-18-16-14-12-10-8-6-4-2)38(54)31(27-47)63-42(36)65-68(59,60)66-67(57,58)61-28-32-37(53)39(55)41(62-32)46-24-23-33(50)45-43(46)56/h23-24,29-32,36-42,47-49,53-55H,3-22,25-28H2,1-2H3,(H,44,51)(H,57,58)(H,59,60)(H,45,50,56)/t29-,30-,31?,32-,36?,37?,38-,39+,40-,41-,42-/m1/s1. The molecule has 1 aromatic rings. The van der Waals surface area contributed by atoms with E-state index in [9.17, 15) is 68.7 Å². The highest BCUT2D eigenvalue weighted by Gasteiger charge is 2.52.